The van der Waals surface area contributed by atoms with Gasteiger partial charge in [-0.05, 0) is 30.9 Å². The lowest BCUT2D eigenvalue weighted by Gasteiger charge is -2.12. The van der Waals surface area contributed by atoms with Crippen LogP contribution in [0.3, 0.4) is 0 Å². The minimum absolute atomic E-state index is 0.0211. The summed E-state index contributed by atoms with van der Waals surface area (Å²) in [6.07, 6.45) is 3.64. The molecule has 0 bridgehead atoms. The van der Waals surface area contributed by atoms with Gasteiger partial charge >= 0.3 is 0 Å². The van der Waals surface area contributed by atoms with Crippen molar-refractivity contribution in [3.8, 4) is 0 Å². The van der Waals surface area contributed by atoms with Crippen molar-refractivity contribution >= 4 is 37.3 Å². The Morgan fingerprint density at radius 1 is 1.29 bits per heavy atom. The Morgan fingerprint density at radius 3 is 2.43 bits per heavy atom. The number of sulfonamides is 1. The van der Waals surface area contributed by atoms with Crippen LogP contribution in [0.25, 0.3) is 0 Å². The second-order valence-electron chi connectivity index (χ2n) is 4.70. The van der Waals surface area contributed by atoms with Crippen LogP contribution in [0.1, 0.15) is 13.3 Å². The molecule has 3 N–H and O–H groups in total. The van der Waals surface area contributed by atoms with Crippen molar-refractivity contribution < 1.29 is 16.8 Å². The molecule has 0 saturated carbocycles. The average molecular weight is 353 g/mol. The van der Waals surface area contributed by atoms with E-state index in [0.717, 1.165) is 12.3 Å². The number of nitrogen functional groups attached to an aromatic ring is 1. The minimum Gasteiger partial charge on any atom is -0.398 e. The van der Waals surface area contributed by atoms with E-state index in [9.17, 15) is 16.8 Å². The van der Waals surface area contributed by atoms with Crippen LogP contribution >= 0.6 is 11.8 Å². The molecular weight excluding hydrogens is 332 g/mol. The molecule has 1 aromatic carbocycles. The number of nitrogens with one attached hydrogen (secondary N) is 1. The lowest BCUT2D eigenvalue weighted by molar-refractivity contribution is 0.579. The zero-order valence-electron chi connectivity index (χ0n) is 12.2. The van der Waals surface area contributed by atoms with Crippen molar-refractivity contribution in [2.45, 2.75) is 28.4 Å². The first-order chi connectivity index (χ1) is 9.58. The number of rotatable bonds is 7. The summed E-state index contributed by atoms with van der Waals surface area (Å²) in [5, 5.41) is 0.326. The summed E-state index contributed by atoms with van der Waals surface area (Å²) in [6, 6.07) is 3.67. The summed E-state index contributed by atoms with van der Waals surface area (Å²) in [5.74, 6) is 0. The van der Waals surface area contributed by atoms with Crippen molar-refractivity contribution in [3.63, 3.8) is 0 Å². The lowest BCUT2D eigenvalue weighted by Crippen LogP contribution is -2.27. The van der Waals surface area contributed by atoms with Crippen LogP contribution < -0.4 is 10.5 Å². The van der Waals surface area contributed by atoms with Gasteiger partial charge in [-0.1, -0.05) is 6.92 Å². The van der Waals surface area contributed by atoms with Gasteiger partial charge in [-0.15, -0.1) is 0 Å². The van der Waals surface area contributed by atoms with Gasteiger partial charge in [-0.25, -0.2) is 21.6 Å². The van der Waals surface area contributed by atoms with E-state index >= 15 is 0 Å². The molecule has 9 heteroatoms. The molecule has 0 aliphatic carbocycles. The van der Waals surface area contributed by atoms with Gasteiger partial charge in [0.2, 0.25) is 10.0 Å². The molecule has 1 rings (SSSR count). The van der Waals surface area contributed by atoms with Gasteiger partial charge in [0.15, 0.2) is 9.84 Å². The third-order valence-corrected chi connectivity index (χ3v) is 6.62. The Hall–Kier alpha value is -0.770. The van der Waals surface area contributed by atoms with Crippen LogP contribution in [-0.4, -0.2) is 41.1 Å². The standard InChI is InChI=1S/C12H20N2O4S3/c1-9(19-2)6-7-14-21(17,18)12-8-10(20(3,15)16)4-5-11(12)13/h4-5,8-9,14H,6-7,13H2,1-3H3. The molecule has 0 amide bonds. The molecule has 1 unspecified atom stereocenters. The Bertz CT molecular complexity index is 699. The first-order valence-electron chi connectivity index (χ1n) is 6.20. The van der Waals surface area contributed by atoms with Gasteiger partial charge in [0.05, 0.1) is 10.6 Å². The van der Waals surface area contributed by atoms with E-state index < -0.39 is 19.9 Å². The van der Waals surface area contributed by atoms with E-state index in [4.69, 9.17) is 5.73 Å². The Morgan fingerprint density at radius 2 is 1.90 bits per heavy atom. The molecule has 120 valence electrons. The summed E-state index contributed by atoms with van der Waals surface area (Å²) in [6.45, 7) is 2.27. The highest BCUT2D eigenvalue weighted by atomic mass is 32.2. The van der Waals surface area contributed by atoms with Crippen molar-refractivity contribution in [2.24, 2.45) is 0 Å². The molecule has 21 heavy (non-hydrogen) atoms. The van der Waals surface area contributed by atoms with Crippen molar-refractivity contribution in [2.75, 3.05) is 24.8 Å². The number of thioether (sulfide) groups is 1. The first kappa shape index (κ1) is 18.3. The maximum absolute atomic E-state index is 12.2. The second kappa shape index (κ2) is 6.99. The van der Waals surface area contributed by atoms with Gasteiger partial charge in [0.1, 0.15) is 4.90 Å². The fourth-order valence-corrected chi connectivity index (χ4v) is 3.85. The highest BCUT2D eigenvalue weighted by molar-refractivity contribution is 7.99. The highest BCUT2D eigenvalue weighted by Crippen LogP contribution is 2.22. The molecule has 1 atom stereocenters. The fourth-order valence-electron chi connectivity index (χ4n) is 1.57. The summed E-state index contributed by atoms with van der Waals surface area (Å²) >= 11 is 1.64. The number of nitrogens with two attached hydrogens (primary N) is 1. The van der Waals surface area contributed by atoms with E-state index in [1.165, 1.54) is 12.1 Å². The lowest BCUT2D eigenvalue weighted by atomic mass is 10.3. The molecule has 0 radical (unpaired) electrons. The van der Waals surface area contributed by atoms with E-state index in [1.54, 1.807) is 11.8 Å². The van der Waals surface area contributed by atoms with E-state index in [-0.39, 0.29) is 22.0 Å². The molecule has 0 heterocycles. The third kappa shape index (κ3) is 5.17. The van der Waals surface area contributed by atoms with E-state index in [2.05, 4.69) is 4.72 Å². The van der Waals surface area contributed by atoms with Crippen LogP contribution in [0.15, 0.2) is 28.0 Å². The summed E-state index contributed by atoms with van der Waals surface area (Å²) < 4.78 is 49.9. The molecule has 0 fully saturated rings. The predicted molar refractivity (Wildman–Crippen MR) is 86.7 cm³/mol. The molecule has 0 aliphatic rings. The molecule has 6 nitrogen and oxygen atoms in total. The molecule has 0 spiro atoms. The monoisotopic (exact) mass is 352 g/mol. The maximum atomic E-state index is 12.2. The Labute approximate surface area is 130 Å². The quantitative estimate of drug-likeness (QED) is 0.712. The van der Waals surface area contributed by atoms with Gasteiger partial charge in [-0.3, -0.25) is 0 Å². The summed E-state index contributed by atoms with van der Waals surface area (Å²) in [4.78, 5) is -0.281. The van der Waals surface area contributed by atoms with Crippen molar-refractivity contribution in [3.05, 3.63) is 18.2 Å². The van der Waals surface area contributed by atoms with Gasteiger partial charge in [-0.2, -0.15) is 11.8 Å². The second-order valence-corrected chi connectivity index (χ2v) is 9.73. The highest BCUT2D eigenvalue weighted by Gasteiger charge is 2.20. The van der Waals surface area contributed by atoms with Crippen molar-refractivity contribution in [1.82, 2.24) is 4.72 Å². The first-order valence-corrected chi connectivity index (χ1v) is 10.9. The Kier molecular flexibility index (Phi) is 6.09. The number of anilines is 1. The topological polar surface area (TPSA) is 106 Å². The van der Waals surface area contributed by atoms with Crippen LogP contribution in [0.4, 0.5) is 5.69 Å². The van der Waals surface area contributed by atoms with E-state index in [0.29, 0.717) is 11.7 Å². The van der Waals surface area contributed by atoms with Gasteiger partial charge in [0.25, 0.3) is 0 Å². The predicted octanol–water partition coefficient (Wildman–Crippen LogP) is 1.09. The zero-order valence-corrected chi connectivity index (χ0v) is 14.6. The Balaban J connectivity index is 3.03. The van der Waals surface area contributed by atoms with Crippen LogP contribution in [0, 0.1) is 0 Å². The van der Waals surface area contributed by atoms with Gasteiger partial charge in [0, 0.05) is 18.1 Å². The SMILES string of the molecule is CSC(C)CCNS(=O)(=O)c1cc(S(C)(=O)=O)ccc1N. The minimum atomic E-state index is -3.83. The summed E-state index contributed by atoms with van der Waals surface area (Å²) in [5.41, 5.74) is 5.68. The van der Waals surface area contributed by atoms with Crippen LogP contribution in [0.2, 0.25) is 0 Å². The average Bonchev–Trinajstić information content (AvgIpc) is 2.37. The van der Waals surface area contributed by atoms with Gasteiger partial charge < -0.3 is 5.73 Å². The number of hydrogen-bond donors (Lipinski definition) is 2. The van der Waals surface area contributed by atoms with Crippen LogP contribution in [0.5, 0.6) is 0 Å². The molecule has 0 aliphatic heterocycles. The molecular formula is C12H20N2O4S3. The number of hydrogen-bond acceptors (Lipinski definition) is 6. The third-order valence-electron chi connectivity index (χ3n) is 2.95. The van der Waals surface area contributed by atoms with Crippen molar-refractivity contribution in [1.29, 1.82) is 0 Å². The molecule has 1 aromatic rings. The normalized spacial score (nSPS) is 14.0. The smallest absolute Gasteiger partial charge is 0.242 e. The maximum Gasteiger partial charge on any atom is 0.242 e. The van der Waals surface area contributed by atoms with Crippen LogP contribution in [-0.2, 0) is 19.9 Å². The summed E-state index contributed by atoms with van der Waals surface area (Å²) in [7, 11) is -7.32. The molecule has 0 aromatic heterocycles. The largest absolute Gasteiger partial charge is 0.398 e. The molecule has 0 saturated heterocycles. The fraction of sp³-hybridized carbons (Fsp3) is 0.500. The zero-order chi connectivity index (χ0) is 16.3. The number of sulfone groups is 1. The number of benzene rings is 1. The van der Waals surface area contributed by atoms with E-state index in [1.807, 2.05) is 13.2 Å².